The monoisotopic (exact) mass is 1250 g/mol. The summed E-state index contributed by atoms with van der Waals surface area (Å²) in [6.45, 7) is 3.43. The fraction of sp³-hybridized carbons (Fsp3) is 0.0833. The van der Waals surface area contributed by atoms with Gasteiger partial charge in [0.05, 0.1) is 17.0 Å². The maximum absolute atomic E-state index is 11.3. The SMILES string of the molecule is Cc1c(C(N)=O)[c-]ccc1O.Cc1c(C(N)=O)[c-]ccc1OCc1nc(-c2ccc(Cl)cc2)no1.Clc1ccc(-c2noc(CBr)n2)cc1.N#Cc1ccc(Cl)cc1.N/C(=N/O)c1ccc(Cl)cc1.[Y].[Y]. The van der Waals surface area contributed by atoms with Gasteiger partial charge in [0.2, 0.25) is 17.5 Å². The van der Waals surface area contributed by atoms with Gasteiger partial charge in [-0.1, -0.05) is 114 Å². The van der Waals surface area contributed by atoms with E-state index in [9.17, 15) is 9.59 Å². The third-order valence-corrected chi connectivity index (χ3v) is 10.2. The molecule has 8 rings (SSSR count). The van der Waals surface area contributed by atoms with E-state index in [1.807, 2.05) is 18.2 Å². The number of nitrogens with zero attached hydrogens (tertiary/aromatic N) is 6. The first-order valence-corrected chi connectivity index (χ1v) is 22.2. The van der Waals surface area contributed by atoms with Crippen molar-refractivity contribution in [1.82, 2.24) is 20.3 Å². The Kier molecular flexibility index (Phi) is 27.8. The molecule has 0 aliphatic heterocycles. The number of carbonyl (C=O) groups excluding carboxylic acids is 2. The molecular formula is C48H38BrCl4N9O7Y2-2. The van der Waals surface area contributed by atoms with Crippen LogP contribution in [0, 0.1) is 37.3 Å². The van der Waals surface area contributed by atoms with Crippen molar-refractivity contribution in [3.05, 3.63) is 199 Å². The van der Waals surface area contributed by atoms with Crippen LogP contribution in [0.5, 0.6) is 11.5 Å². The number of phenols is 1. The molecule has 0 bridgehead atoms. The second kappa shape index (κ2) is 32.0. The number of ether oxygens (including phenoxy) is 1. The molecule has 2 radical (unpaired) electrons. The normalized spacial score (nSPS) is 9.97. The minimum atomic E-state index is -0.571. The molecule has 2 aromatic heterocycles. The number of nitrogens with two attached hydrogens (primary N) is 3. The Labute approximate surface area is 486 Å². The topological polar surface area (TPSA) is 276 Å². The zero-order chi connectivity index (χ0) is 50.5. The average Bonchev–Trinajstić information content (AvgIpc) is 4.04. The van der Waals surface area contributed by atoms with E-state index in [-0.39, 0.29) is 89.2 Å². The number of hydrogen-bond donors (Lipinski definition) is 5. The maximum atomic E-state index is 11.3. The van der Waals surface area contributed by atoms with E-state index in [0.717, 1.165) is 11.1 Å². The average molecular weight is 1250 g/mol. The molecule has 0 fully saturated rings. The summed E-state index contributed by atoms with van der Waals surface area (Å²) in [5.74, 6) is 1.44. The number of primary amides is 2. The van der Waals surface area contributed by atoms with Crippen molar-refractivity contribution in [2.24, 2.45) is 22.4 Å². The fourth-order valence-corrected chi connectivity index (χ4v) is 5.92. The van der Waals surface area contributed by atoms with Crippen molar-refractivity contribution in [3.63, 3.8) is 0 Å². The molecule has 8 aromatic rings. The van der Waals surface area contributed by atoms with Crippen molar-refractivity contribution in [2.45, 2.75) is 25.8 Å². The number of aromatic hydroxyl groups is 1. The first-order valence-electron chi connectivity index (χ1n) is 19.6. The van der Waals surface area contributed by atoms with Crippen molar-refractivity contribution in [3.8, 4) is 40.3 Å². The smallest absolute Gasteiger partial charge is 0.264 e. The van der Waals surface area contributed by atoms with E-state index in [4.69, 9.17) is 93.0 Å². The Balaban J connectivity index is 0.000000319. The molecule has 0 saturated carbocycles. The number of nitriles is 1. The molecule has 360 valence electrons. The van der Waals surface area contributed by atoms with Crippen LogP contribution in [0.3, 0.4) is 0 Å². The van der Waals surface area contributed by atoms with Gasteiger partial charge in [0.25, 0.3) is 5.89 Å². The minimum absolute atomic E-state index is 0. The molecule has 0 saturated heterocycles. The fourth-order valence-electron chi connectivity index (χ4n) is 5.19. The molecular weight excluding hydrogens is 1210 g/mol. The Morgan fingerprint density at radius 3 is 1.54 bits per heavy atom. The van der Waals surface area contributed by atoms with Crippen LogP contribution in [0.2, 0.25) is 20.1 Å². The summed E-state index contributed by atoms with van der Waals surface area (Å²) in [7, 11) is 0. The first-order chi connectivity index (χ1) is 33.0. The summed E-state index contributed by atoms with van der Waals surface area (Å²) in [5, 5.41) is 39.5. The van der Waals surface area contributed by atoms with Crippen LogP contribution < -0.4 is 21.9 Å². The molecule has 0 unspecified atom stereocenters. The van der Waals surface area contributed by atoms with Crippen LogP contribution in [-0.4, -0.2) is 48.2 Å². The third kappa shape index (κ3) is 20.4. The number of amides is 2. The third-order valence-electron chi connectivity index (χ3n) is 8.76. The van der Waals surface area contributed by atoms with Gasteiger partial charge >= 0.3 is 0 Å². The molecule has 0 atom stereocenters. The van der Waals surface area contributed by atoms with Gasteiger partial charge in [0, 0.05) is 114 Å². The van der Waals surface area contributed by atoms with Gasteiger partial charge in [0.1, 0.15) is 0 Å². The van der Waals surface area contributed by atoms with Gasteiger partial charge in [0.15, 0.2) is 24.3 Å². The number of phenolic OH excluding ortho intramolecular Hbond substituents is 1. The van der Waals surface area contributed by atoms with Crippen molar-refractivity contribution < 1.29 is 99.1 Å². The van der Waals surface area contributed by atoms with E-state index < -0.39 is 11.8 Å². The summed E-state index contributed by atoms with van der Waals surface area (Å²) in [4.78, 5) is 30.4. The molecule has 2 heterocycles. The van der Waals surface area contributed by atoms with Crippen LogP contribution in [0.15, 0.2) is 136 Å². The molecule has 2 amide bonds. The predicted octanol–water partition coefficient (Wildman–Crippen LogP) is 10.7. The standard InChI is InChI=1S/C17H13ClN3O3.C9H6BrClN2O.C8H8NO2.C7H7ClN2O.C7H4ClN.2Y/c1-10-13(16(19)22)3-2-4-14(10)23-9-15-20-17(21-24-15)11-5-7-12(18)8-6-11;10-5-8-12-9(13-14-8)6-1-3-7(11)4-2-6;1-5-6(8(9)11)3-2-4-7(5)10;8-6-3-1-5(2-4-6)7(9)10-11;8-7-3-1-6(5-9)2-4-7;;/h2,4-8H,9H2,1H3,(H2,19,22);1-4H,5H2;2,4,10H,1H3,(H2,9,11);1-4,11H,(H2,9,10);1-4H;;/q-1;;-1;;;;. The quantitative estimate of drug-likeness (QED) is 0.0225. The van der Waals surface area contributed by atoms with E-state index >= 15 is 0 Å². The molecule has 0 aliphatic rings. The van der Waals surface area contributed by atoms with Crippen molar-refractivity contribution in [2.75, 3.05) is 0 Å². The Hall–Kier alpha value is -5.25. The number of alkyl halides is 1. The van der Waals surface area contributed by atoms with E-state index in [2.05, 4.69) is 53.5 Å². The molecule has 8 N–H and O–H groups in total. The van der Waals surface area contributed by atoms with E-state index in [1.54, 1.807) is 111 Å². The van der Waals surface area contributed by atoms with Gasteiger partial charge < -0.3 is 50.9 Å². The van der Waals surface area contributed by atoms with Gasteiger partial charge in [-0.3, -0.25) is 0 Å². The van der Waals surface area contributed by atoms with Crippen LogP contribution in [0.25, 0.3) is 22.8 Å². The molecule has 71 heavy (non-hydrogen) atoms. The minimum Gasteiger partial charge on any atom is -0.527 e. The summed E-state index contributed by atoms with van der Waals surface area (Å²) in [6, 6.07) is 41.5. The largest absolute Gasteiger partial charge is 0.527 e. The number of rotatable bonds is 9. The summed E-state index contributed by atoms with van der Waals surface area (Å²) in [5.41, 5.74) is 20.2. The van der Waals surface area contributed by atoms with E-state index in [1.165, 1.54) is 12.1 Å². The Bertz CT molecular complexity index is 3020. The second-order valence-corrected chi connectivity index (χ2v) is 15.8. The molecule has 0 aliphatic carbocycles. The van der Waals surface area contributed by atoms with Crippen LogP contribution >= 0.6 is 62.3 Å². The summed E-state index contributed by atoms with van der Waals surface area (Å²) in [6.07, 6.45) is 0. The summed E-state index contributed by atoms with van der Waals surface area (Å²) >= 11 is 26.0. The predicted molar refractivity (Wildman–Crippen MR) is 265 cm³/mol. The number of aromatic nitrogens is 4. The van der Waals surface area contributed by atoms with Crippen LogP contribution in [0.1, 0.15) is 54.8 Å². The van der Waals surface area contributed by atoms with Crippen LogP contribution in [-0.2, 0) is 77.4 Å². The van der Waals surface area contributed by atoms with Gasteiger partial charge in [-0.15, -0.1) is 36.4 Å². The number of hydrogen-bond acceptors (Lipinski definition) is 13. The molecule has 16 nitrogen and oxygen atoms in total. The maximum Gasteiger partial charge on any atom is 0.264 e. The Morgan fingerprint density at radius 2 is 1.11 bits per heavy atom. The number of halogens is 5. The van der Waals surface area contributed by atoms with Crippen molar-refractivity contribution >= 4 is 80.0 Å². The van der Waals surface area contributed by atoms with E-state index in [0.29, 0.717) is 82.4 Å². The van der Waals surface area contributed by atoms with Gasteiger partial charge in [-0.05, 0) is 97.1 Å². The molecule has 0 spiro atoms. The molecule has 23 heteroatoms. The number of amidine groups is 1. The zero-order valence-electron chi connectivity index (χ0n) is 37.4. The van der Waals surface area contributed by atoms with Gasteiger partial charge in [-0.25, -0.2) is 0 Å². The first kappa shape index (κ1) is 61.9. The second-order valence-electron chi connectivity index (χ2n) is 13.5. The Morgan fingerprint density at radius 1 is 0.690 bits per heavy atom. The summed E-state index contributed by atoms with van der Waals surface area (Å²) < 4.78 is 15.8. The van der Waals surface area contributed by atoms with Gasteiger partial charge in [-0.2, -0.15) is 15.2 Å². The zero-order valence-corrected chi connectivity index (χ0v) is 47.6. The number of oxime groups is 1. The number of carbonyl (C=O) groups is 2. The van der Waals surface area contributed by atoms with Crippen LogP contribution in [0.4, 0.5) is 0 Å². The number of benzene rings is 6. The molecule has 6 aromatic carbocycles. The van der Waals surface area contributed by atoms with Crippen molar-refractivity contribution in [1.29, 1.82) is 5.26 Å².